The number of methoxy groups -OCH3 is 1. The standard InChI is InChI=1S/C28H36N4O9/c1-27(2,3)30-10-16(33)31-14-9-15(41-6)12-7-11-8-13-20(32(4)5)23(36)19(26(29)39)25(38)28(13,40)24(37)17(11)22(35)18(12)21(14)34/h9,11,13,20,30,34-35,38,40H,7-8,10H2,1-6H3,(H2,29,39)(H,31,33)/t11-,13-,20-,28-/m0/s1. The Balaban J connectivity index is 1.86. The van der Waals surface area contributed by atoms with Crippen molar-refractivity contribution in [3.05, 3.63) is 34.1 Å². The highest BCUT2D eigenvalue weighted by molar-refractivity contribution is 6.24. The topological polar surface area (TPSA) is 212 Å². The van der Waals surface area contributed by atoms with Gasteiger partial charge in [0.05, 0.1) is 30.9 Å². The summed E-state index contributed by atoms with van der Waals surface area (Å²) in [5.74, 6) is -7.83. The summed E-state index contributed by atoms with van der Waals surface area (Å²) in [6.45, 7) is 5.55. The van der Waals surface area contributed by atoms with Gasteiger partial charge in [0.15, 0.2) is 17.1 Å². The fourth-order valence-corrected chi connectivity index (χ4v) is 6.09. The number of nitrogens with zero attached hydrogens (tertiary/aromatic N) is 1. The SMILES string of the molecule is COc1cc(NC(=O)CNC(C)(C)C)c(O)c2c1C[C@H]1C[C@H]3[C@H](N(C)C)C(=O)C(C(N)=O)=C(O)[C@@]3(O)C(=O)C1=C2O. The Morgan fingerprint density at radius 3 is 2.37 bits per heavy atom. The van der Waals surface area contributed by atoms with E-state index in [0.717, 1.165) is 0 Å². The number of ketones is 2. The molecule has 222 valence electrons. The highest BCUT2D eigenvalue weighted by Gasteiger charge is 2.64. The van der Waals surface area contributed by atoms with Crippen molar-refractivity contribution in [3.8, 4) is 11.5 Å². The third-order valence-corrected chi connectivity index (χ3v) is 7.95. The number of phenols is 1. The molecule has 1 aromatic rings. The average molecular weight is 573 g/mol. The van der Waals surface area contributed by atoms with E-state index >= 15 is 0 Å². The molecule has 1 aromatic carbocycles. The van der Waals surface area contributed by atoms with E-state index in [0.29, 0.717) is 5.56 Å². The van der Waals surface area contributed by atoms with Crippen LogP contribution in [0.1, 0.15) is 38.3 Å². The van der Waals surface area contributed by atoms with Gasteiger partial charge < -0.3 is 41.5 Å². The number of amides is 2. The number of rotatable bonds is 6. The molecule has 0 aliphatic heterocycles. The van der Waals surface area contributed by atoms with E-state index in [1.807, 2.05) is 20.8 Å². The number of benzene rings is 1. The third-order valence-electron chi connectivity index (χ3n) is 7.95. The Bertz CT molecular complexity index is 1420. The summed E-state index contributed by atoms with van der Waals surface area (Å²) in [5, 5.41) is 50.8. The van der Waals surface area contributed by atoms with Crippen molar-refractivity contribution in [3.63, 3.8) is 0 Å². The minimum atomic E-state index is -2.74. The molecule has 0 saturated heterocycles. The quantitative estimate of drug-likeness (QED) is 0.182. The molecular formula is C28H36N4O9. The number of hydrogen-bond acceptors (Lipinski definition) is 11. The van der Waals surface area contributed by atoms with E-state index in [-0.39, 0.29) is 47.5 Å². The molecule has 0 spiro atoms. The zero-order valence-electron chi connectivity index (χ0n) is 23.8. The number of aliphatic hydroxyl groups is 3. The number of nitrogens with two attached hydrogens (primary N) is 1. The van der Waals surface area contributed by atoms with Gasteiger partial charge in [-0.2, -0.15) is 0 Å². The van der Waals surface area contributed by atoms with Gasteiger partial charge in [-0.15, -0.1) is 0 Å². The number of hydrogen-bond donors (Lipinski definition) is 7. The summed E-state index contributed by atoms with van der Waals surface area (Å²) in [7, 11) is 4.43. The number of nitrogens with one attached hydrogen (secondary N) is 2. The summed E-state index contributed by atoms with van der Waals surface area (Å²) < 4.78 is 5.51. The molecule has 0 bridgehead atoms. The largest absolute Gasteiger partial charge is 0.508 e. The van der Waals surface area contributed by atoms with Crippen LogP contribution in [0, 0.1) is 11.8 Å². The maximum atomic E-state index is 14.0. The van der Waals surface area contributed by atoms with E-state index in [4.69, 9.17) is 10.5 Å². The minimum Gasteiger partial charge on any atom is -0.508 e. The number of aliphatic hydroxyl groups excluding tert-OH is 2. The van der Waals surface area contributed by atoms with Crippen molar-refractivity contribution in [2.45, 2.75) is 50.8 Å². The van der Waals surface area contributed by atoms with Crippen LogP contribution in [0.3, 0.4) is 0 Å². The van der Waals surface area contributed by atoms with Crippen molar-refractivity contribution in [2.24, 2.45) is 17.6 Å². The third kappa shape index (κ3) is 4.73. The van der Waals surface area contributed by atoms with Gasteiger partial charge in [0, 0.05) is 28.7 Å². The van der Waals surface area contributed by atoms with Crippen LogP contribution in [-0.4, -0.2) is 93.6 Å². The molecule has 0 radical (unpaired) electrons. The number of anilines is 1. The van der Waals surface area contributed by atoms with E-state index in [1.54, 1.807) is 0 Å². The lowest BCUT2D eigenvalue weighted by Crippen LogP contribution is -2.65. The second kappa shape index (κ2) is 10.2. The number of primary amides is 1. The Kier molecular flexibility index (Phi) is 7.44. The lowest BCUT2D eigenvalue weighted by Gasteiger charge is -2.50. The number of fused-ring (bicyclic) bond motifs is 3. The van der Waals surface area contributed by atoms with Gasteiger partial charge in [-0.25, -0.2) is 0 Å². The molecule has 1 fully saturated rings. The van der Waals surface area contributed by atoms with E-state index < -0.39 is 69.7 Å². The van der Waals surface area contributed by atoms with Crippen molar-refractivity contribution in [1.82, 2.24) is 10.2 Å². The first-order valence-electron chi connectivity index (χ1n) is 13.1. The summed E-state index contributed by atoms with van der Waals surface area (Å²) in [6, 6.07) is 0.227. The molecule has 0 unspecified atom stereocenters. The van der Waals surface area contributed by atoms with Gasteiger partial charge in [0.25, 0.3) is 5.91 Å². The minimum absolute atomic E-state index is 0.0490. The molecule has 1 saturated carbocycles. The maximum absolute atomic E-state index is 14.0. The van der Waals surface area contributed by atoms with Crippen molar-refractivity contribution in [2.75, 3.05) is 33.1 Å². The van der Waals surface area contributed by atoms with Crippen LogP contribution in [-0.2, 0) is 25.6 Å². The first-order chi connectivity index (χ1) is 18.9. The Labute approximate surface area is 236 Å². The van der Waals surface area contributed by atoms with Gasteiger partial charge in [0.1, 0.15) is 22.8 Å². The monoisotopic (exact) mass is 572 g/mol. The summed E-state index contributed by atoms with van der Waals surface area (Å²) in [6.07, 6.45) is 0.0116. The molecule has 8 N–H and O–H groups in total. The number of likely N-dealkylation sites (N-methyl/N-ethyl adjacent to an activating group) is 1. The van der Waals surface area contributed by atoms with Crippen molar-refractivity contribution in [1.29, 1.82) is 0 Å². The number of carbonyl (C=O) groups excluding carboxylic acids is 4. The molecule has 0 aromatic heterocycles. The fourth-order valence-electron chi connectivity index (χ4n) is 6.09. The number of Topliss-reactive ketones (excluding diaryl/α,β-unsaturated/α-hetero) is 2. The first kappa shape index (κ1) is 30.0. The van der Waals surface area contributed by atoms with Crippen LogP contribution < -0.4 is 21.1 Å². The molecule has 41 heavy (non-hydrogen) atoms. The maximum Gasteiger partial charge on any atom is 0.255 e. The second-order valence-corrected chi connectivity index (χ2v) is 11.9. The first-order valence-corrected chi connectivity index (χ1v) is 13.1. The predicted octanol–water partition coefficient (Wildman–Crippen LogP) is 0.299. The summed E-state index contributed by atoms with van der Waals surface area (Å²) in [4.78, 5) is 53.3. The highest BCUT2D eigenvalue weighted by atomic mass is 16.5. The van der Waals surface area contributed by atoms with E-state index in [1.165, 1.54) is 32.2 Å². The molecule has 0 heterocycles. The Morgan fingerprint density at radius 1 is 1.20 bits per heavy atom. The van der Waals surface area contributed by atoms with Gasteiger partial charge in [-0.1, -0.05) is 0 Å². The van der Waals surface area contributed by atoms with Gasteiger partial charge in [-0.05, 0) is 53.6 Å². The molecule has 4 atom stereocenters. The summed E-state index contributed by atoms with van der Waals surface area (Å²) >= 11 is 0. The molecular weight excluding hydrogens is 536 g/mol. The molecule has 3 aliphatic carbocycles. The lowest BCUT2D eigenvalue weighted by molar-refractivity contribution is -0.153. The van der Waals surface area contributed by atoms with E-state index in [2.05, 4.69) is 10.6 Å². The number of ether oxygens (including phenoxy) is 1. The molecule has 13 nitrogen and oxygen atoms in total. The van der Waals surface area contributed by atoms with Crippen LogP contribution >= 0.6 is 0 Å². The highest BCUT2D eigenvalue weighted by Crippen LogP contribution is 2.54. The van der Waals surface area contributed by atoms with Gasteiger partial charge in [-0.3, -0.25) is 24.1 Å². The van der Waals surface area contributed by atoms with Crippen LogP contribution in [0.25, 0.3) is 5.76 Å². The lowest BCUT2D eigenvalue weighted by atomic mass is 9.57. The molecule has 3 aliphatic rings. The molecule has 13 heteroatoms. The van der Waals surface area contributed by atoms with Crippen LogP contribution in [0.4, 0.5) is 5.69 Å². The zero-order valence-corrected chi connectivity index (χ0v) is 23.8. The zero-order chi connectivity index (χ0) is 30.8. The van der Waals surface area contributed by atoms with Crippen molar-refractivity contribution >= 4 is 34.8 Å². The van der Waals surface area contributed by atoms with Crippen LogP contribution in [0.5, 0.6) is 11.5 Å². The molecule has 4 rings (SSSR count). The average Bonchev–Trinajstić information content (AvgIpc) is 2.85. The van der Waals surface area contributed by atoms with Crippen LogP contribution in [0.2, 0.25) is 0 Å². The number of phenolic OH excluding ortho intramolecular Hbond substituents is 1. The van der Waals surface area contributed by atoms with Crippen LogP contribution in [0.15, 0.2) is 23.0 Å². The Hall–Kier alpha value is -3.94. The molecule has 2 amide bonds. The summed E-state index contributed by atoms with van der Waals surface area (Å²) in [5.41, 5.74) is 1.15. The van der Waals surface area contributed by atoms with E-state index in [9.17, 15) is 39.6 Å². The normalized spacial score (nSPS) is 26.0. The number of aromatic hydroxyl groups is 1. The predicted molar refractivity (Wildman–Crippen MR) is 147 cm³/mol. The smallest absolute Gasteiger partial charge is 0.255 e. The number of carbonyl (C=O) groups is 4. The second-order valence-electron chi connectivity index (χ2n) is 11.9. The fraction of sp³-hybridized carbons (Fsp3) is 0.500. The van der Waals surface area contributed by atoms with Gasteiger partial charge >= 0.3 is 0 Å². The Morgan fingerprint density at radius 2 is 1.83 bits per heavy atom. The van der Waals surface area contributed by atoms with Gasteiger partial charge in [0.2, 0.25) is 11.7 Å². The van der Waals surface area contributed by atoms with Crippen molar-refractivity contribution < 1.29 is 44.3 Å².